The Morgan fingerprint density at radius 1 is 1.12 bits per heavy atom. The van der Waals surface area contributed by atoms with Crippen LogP contribution in [0.5, 0.6) is 5.75 Å². The van der Waals surface area contributed by atoms with Crippen molar-refractivity contribution in [2.45, 2.75) is 51.0 Å². The highest BCUT2D eigenvalue weighted by molar-refractivity contribution is 5.97. The molecule has 0 radical (unpaired) electrons. The lowest BCUT2D eigenvalue weighted by Crippen LogP contribution is -2.46. The first kappa shape index (κ1) is 22.2. The number of fused-ring (bicyclic) bond motifs is 2. The van der Waals surface area contributed by atoms with Gasteiger partial charge in [-0.25, -0.2) is 4.98 Å². The number of aromatic nitrogens is 2. The highest BCUT2D eigenvalue weighted by Crippen LogP contribution is 2.44. The van der Waals surface area contributed by atoms with Gasteiger partial charge in [0.15, 0.2) is 0 Å². The summed E-state index contributed by atoms with van der Waals surface area (Å²) in [5, 5.41) is 10.4. The zero-order valence-electron chi connectivity index (χ0n) is 19.8. The highest BCUT2D eigenvalue weighted by atomic mass is 16.3. The second kappa shape index (κ2) is 8.98. The van der Waals surface area contributed by atoms with Crippen LogP contribution in [-0.2, 0) is 11.8 Å². The molecule has 0 aliphatic carbocycles. The van der Waals surface area contributed by atoms with Gasteiger partial charge >= 0.3 is 0 Å². The number of aromatic hydroxyl groups is 1. The van der Waals surface area contributed by atoms with E-state index >= 15 is 0 Å². The maximum Gasteiger partial charge on any atom is 0.254 e. The third kappa shape index (κ3) is 3.75. The molecule has 5 nitrogen and oxygen atoms in total. The number of hydrogen-bond donors (Lipinski definition) is 2. The first-order valence-electron chi connectivity index (χ1n) is 12.2. The zero-order chi connectivity index (χ0) is 23.7. The Kier molecular flexibility index (Phi) is 5.86. The molecular formula is C29H31N3O2. The molecular weight excluding hydrogens is 422 g/mol. The van der Waals surface area contributed by atoms with Gasteiger partial charge in [0.2, 0.25) is 0 Å². The van der Waals surface area contributed by atoms with Crippen LogP contribution in [0.3, 0.4) is 0 Å². The Balaban J connectivity index is 1.61. The molecule has 2 N–H and O–H groups in total. The maximum absolute atomic E-state index is 13.9. The molecule has 0 saturated heterocycles. The Labute approximate surface area is 200 Å². The summed E-state index contributed by atoms with van der Waals surface area (Å²) in [7, 11) is 0. The fourth-order valence-electron chi connectivity index (χ4n) is 5.68. The molecule has 4 aromatic rings. The zero-order valence-corrected chi connectivity index (χ0v) is 19.8. The smallest absolute Gasteiger partial charge is 0.254 e. The number of imidazole rings is 1. The normalized spacial score (nSPS) is 20.5. The predicted octanol–water partition coefficient (Wildman–Crippen LogP) is 5.83. The summed E-state index contributed by atoms with van der Waals surface area (Å²) in [6.45, 7) is 5.00. The number of rotatable bonds is 4. The second-order valence-electron chi connectivity index (χ2n) is 9.29. The molecule has 3 aromatic carbocycles. The molecule has 174 valence electrons. The molecule has 1 aromatic heterocycles. The number of aromatic amines is 1. The molecule has 1 aliphatic rings. The van der Waals surface area contributed by atoms with Gasteiger partial charge in [-0.1, -0.05) is 50.2 Å². The van der Waals surface area contributed by atoms with E-state index in [1.54, 1.807) is 12.4 Å². The molecule has 2 unspecified atom stereocenters. The van der Waals surface area contributed by atoms with Crippen molar-refractivity contribution in [1.82, 2.24) is 14.9 Å². The fraction of sp³-hybridized carbons (Fsp3) is 0.310. The maximum atomic E-state index is 13.9. The van der Waals surface area contributed by atoms with Crippen molar-refractivity contribution in [3.63, 3.8) is 0 Å². The van der Waals surface area contributed by atoms with Crippen LogP contribution in [0, 0.1) is 0 Å². The average Bonchev–Trinajstić information content (AvgIpc) is 3.34. The van der Waals surface area contributed by atoms with Crippen molar-refractivity contribution in [2.24, 2.45) is 0 Å². The SMILES string of the molecule is CCC1Cc2ccc(O)cc2C(CC)(c2ccccc2)CCN1C(=O)c1ccc2nc[nH]c2c1. The van der Waals surface area contributed by atoms with Gasteiger partial charge in [0.05, 0.1) is 17.4 Å². The van der Waals surface area contributed by atoms with Gasteiger partial charge in [-0.15, -0.1) is 0 Å². The topological polar surface area (TPSA) is 69.2 Å². The van der Waals surface area contributed by atoms with Crippen molar-refractivity contribution >= 4 is 16.9 Å². The summed E-state index contributed by atoms with van der Waals surface area (Å²) >= 11 is 0. The minimum Gasteiger partial charge on any atom is -0.508 e. The molecule has 34 heavy (non-hydrogen) atoms. The van der Waals surface area contributed by atoms with Crippen LogP contribution in [0.1, 0.15) is 60.2 Å². The van der Waals surface area contributed by atoms with Crippen LogP contribution < -0.4 is 0 Å². The van der Waals surface area contributed by atoms with Crippen LogP contribution in [0.25, 0.3) is 11.0 Å². The van der Waals surface area contributed by atoms with E-state index in [2.05, 4.69) is 53.0 Å². The molecule has 5 rings (SSSR count). The molecule has 1 aliphatic heterocycles. The van der Waals surface area contributed by atoms with Crippen LogP contribution >= 0.6 is 0 Å². The largest absolute Gasteiger partial charge is 0.508 e. The van der Waals surface area contributed by atoms with E-state index in [9.17, 15) is 9.90 Å². The summed E-state index contributed by atoms with van der Waals surface area (Å²) < 4.78 is 0. The van der Waals surface area contributed by atoms with Gasteiger partial charge in [0.1, 0.15) is 5.75 Å². The van der Waals surface area contributed by atoms with Gasteiger partial charge < -0.3 is 15.0 Å². The molecule has 1 amide bonds. The quantitative estimate of drug-likeness (QED) is 0.408. The van der Waals surface area contributed by atoms with Crippen molar-refractivity contribution < 1.29 is 9.90 Å². The molecule has 0 fully saturated rings. The van der Waals surface area contributed by atoms with Crippen molar-refractivity contribution in [3.05, 3.63) is 95.3 Å². The van der Waals surface area contributed by atoms with Gasteiger partial charge in [-0.3, -0.25) is 4.79 Å². The highest BCUT2D eigenvalue weighted by Gasteiger charge is 2.39. The van der Waals surface area contributed by atoms with Crippen molar-refractivity contribution in [2.75, 3.05) is 6.54 Å². The van der Waals surface area contributed by atoms with Gasteiger partial charge in [0, 0.05) is 23.6 Å². The predicted molar refractivity (Wildman–Crippen MR) is 135 cm³/mol. The molecule has 5 heteroatoms. The monoisotopic (exact) mass is 453 g/mol. The van der Waals surface area contributed by atoms with Crippen LogP contribution in [0.4, 0.5) is 0 Å². The number of phenolic OH excluding ortho intramolecular Hbond substituents is 1. The number of carbonyl (C=O) groups excluding carboxylic acids is 1. The lowest BCUT2D eigenvalue weighted by atomic mass is 9.67. The Morgan fingerprint density at radius 2 is 1.94 bits per heavy atom. The molecule has 0 bridgehead atoms. The first-order valence-corrected chi connectivity index (χ1v) is 12.2. The van der Waals surface area contributed by atoms with Gasteiger partial charge in [-0.05, 0) is 72.7 Å². The Morgan fingerprint density at radius 3 is 2.71 bits per heavy atom. The number of amides is 1. The first-order chi connectivity index (χ1) is 16.6. The van der Waals surface area contributed by atoms with Gasteiger partial charge in [0.25, 0.3) is 5.91 Å². The van der Waals surface area contributed by atoms with E-state index in [4.69, 9.17) is 0 Å². The summed E-state index contributed by atoms with van der Waals surface area (Å²) in [6.07, 6.45) is 4.96. The summed E-state index contributed by atoms with van der Waals surface area (Å²) in [4.78, 5) is 23.3. The van der Waals surface area contributed by atoms with Crippen molar-refractivity contribution in [1.29, 1.82) is 0 Å². The van der Waals surface area contributed by atoms with Crippen LogP contribution in [-0.4, -0.2) is 38.5 Å². The summed E-state index contributed by atoms with van der Waals surface area (Å²) in [6, 6.07) is 22.1. The van der Waals surface area contributed by atoms with Crippen LogP contribution in [0.15, 0.2) is 73.1 Å². The van der Waals surface area contributed by atoms with E-state index in [0.717, 1.165) is 36.7 Å². The van der Waals surface area contributed by atoms with Crippen molar-refractivity contribution in [3.8, 4) is 5.75 Å². The minimum atomic E-state index is -0.278. The Hall–Kier alpha value is -3.60. The lowest BCUT2D eigenvalue weighted by molar-refractivity contribution is 0.0648. The number of hydrogen-bond acceptors (Lipinski definition) is 3. The summed E-state index contributed by atoms with van der Waals surface area (Å²) in [5.41, 5.74) is 5.76. The third-order valence-corrected chi connectivity index (χ3v) is 7.61. The molecule has 0 spiro atoms. The molecule has 2 atom stereocenters. The number of nitrogens with one attached hydrogen (secondary N) is 1. The number of benzene rings is 3. The minimum absolute atomic E-state index is 0.0589. The van der Waals surface area contributed by atoms with E-state index in [1.807, 2.05) is 36.4 Å². The van der Waals surface area contributed by atoms with Crippen LogP contribution in [0.2, 0.25) is 0 Å². The number of H-pyrrole nitrogens is 1. The lowest BCUT2D eigenvalue weighted by Gasteiger charge is -2.43. The van der Waals surface area contributed by atoms with E-state index in [-0.39, 0.29) is 17.4 Å². The standard InChI is InChI=1S/C29H31N3O2/c1-3-23-16-20-10-12-24(33)18-25(20)29(4-2,22-8-6-5-7-9-22)14-15-32(23)28(34)21-11-13-26-27(17-21)31-19-30-26/h5-13,17-19,23,33H,3-4,14-16H2,1-2H3,(H,30,31). The Bertz CT molecular complexity index is 1310. The van der Waals surface area contributed by atoms with E-state index in [1.165, 1.54) is 16.7 Å². The molecule has 0 saturated carbocycles. The number of phenols is 1. The third-order valence-electron chi connectivity index (χ3n) is 7.61. The summed E-state index contributed by atoms with van der Waals surface area (Å²) in [5.74, 6) is 0.352. The van der Waals surface area contributed by atoms with E-state index < -0.39 is 0 Å². The second-order valence-corrected chi connectivity index (χ2v) is 9.29. The average molecular weight is 454 g/mol. The number of carbonyl (C=O) groups is 1. The fourth-order valence-corrected chi connectivity index (χ4v) is 5.68. The number of nitrogens with zero attached hydrogens (tertiary/aromatic N) is 2. The van der Waals surface area contributed by atoms with Gasteiger partial charge in [-0.2, -0.15) is 0 Å². The molecule has 2 heterocycles. The van der Waals surface area contributed by atoms with E-state index in [0.29, 0.717) is 17.9 Å².